The molecule has 1 saturated heterocycles. The van der Waals surface area contributed by atoms with Gasteiger partial charge in [0.05, 0.1) is 12.0 Å². The maximum absolute atomic E-state index is 12.7. The van der Waals surface area contributed by atoms with Crippen LogP contribution in [0.3, 0.4) is 0 Å². The van der Waals surface area contributed by atoms with Crippen LogP contribution in [-0.2, 0) is 9.59 Å². The molecule has 0 atom stereocenters. The minimum Gasteiger partial charge on any atom is -0.486 e. The number of rotatable bonds is 5. The van der Waals surface area contributed by atoms with Gasteiger partial charge in [0.15, 0.2) is 5.78 Å². The van der Waals surface area contributed by atoms with Gasteiger partial charge >= 0.3 is 0 Å². The fourth-order valence-corrected chi connectivity index (χ4v) is 4.00. The molecule has 1 aromatic carbocycles. The minimum atomic E-state index is -0.475. The van der Waals surface area contributed by atoms with Gasteiger partial charge in [0, 0.05) is 38.8 Å². The van der Waals surface area contributed by atoms with Crippen LogP contribution in [-0.4, -0.2) is 41.1 Å². The molecule has 0 aromatic heterocycles. The zero-order valence-electron chi connectivity index (χ0n) is 16.6. The number of benzene rings is 1. The molecule has 2 heterocycles. The van der Waals surface area contributed by atoms with Crippen LogP contribution in [0.5, 0.6) is 5.75 Å². The highest BCUT2D eigenvalue weighted by Gasteiger charge is 2.43. The summed E-state index contributed by atoms with van der Waals surface area (Å²) in [5, 5.41) is 0. The highest BCUT2D eigenvalue weighted by molar-refractivity contribution is 6.00. The molecule has 2 aliphatic heterocycles. The zero-order chi connectivity index (χ0) is 19.6. The van der Waals surface area contributed by atoms with Crippen LogP contribution in [0.2, 0.25) is 0 Å². The standard InChI is InChI=1S/C22H29NO4/c1-15-12-18-19(25)14-22(27-20(18)13-16(15)2)8-10-23(11-9-22)21(26)7-5-4-6-17(3)24/h12-13H,4-11,14H2,1-3H3. The Labute approximate surface area is 161 Å². The van der Waals surface area contributed by atoms with Gasteiger partial charge < -0.3 is 14.4 Å². The minimum absolute atomic E-state index is 0.141. The van der Waals surface area contributed by atoms with Crippen LogP contribution >= 0.6 is 0 Å². The topological polar surface area (TPSA) is 63.7 Å². The number of aryl methyl sites for hydroxylation is 2. The van der Waals surface area contributed by atoms with Crippen LogP contribution < -0.4 is 4.74 Å². The Bertz CT molecular complexity index is 760. The first-order valence-corrected chi connectivity index (χ1v) is 9.90. The van der Waals surface area contributed by atoms with E-state index in [9.17, 15) is 14.4 Å². The SMILES string of the molecule is CC(=O)CCCCC(=O)N1CCC2(CC1)CC(=O)c1cc(C)c(C)cc1O2. The number of carbonyl (C=O) groups excluding carboxylic acids is 3. The van der Waals surface area contributed by atoms with Gasteiger partial charge in [0.2, 0.25) is 5.91 Å². The van der Waals surface area contributed by atoms with Crippen molar-refractivity contribution in [1.29, 1.82) is 0 Å². The third-order valence-electron chi connectivity index (χ3n) is 5.90. The summed E-state index contributed by atoms with van der Waals surface area (Å²) in [5.74, 6) is 1.15. The molecule has 1 spiro atoms. The van der Waals surface area contributed by atoms with Crippen LogP contribution in [0.1, 0.15) is 73.4 Å². The number of fused-ring (bicyclic) bond motifs is 1. The van der Waals surface area contributed by atoms with Crippen LogP contribution in [0, 0.1) is 13.8 Å². The summed E-state index contributed by atoms with van der Waals surface area (Å²) in [7, 11) is 0. The van der Waals surface area contributed by atoms with Crippen molar-refractivity contribution in [3.63, 3.8) is 0 Å². The summed E-state index contributed by atoms with van der Waals surface area (Å²) < 4.78 is 6.32. The number of ketones is 2. The van der Waals surface area contributed by atoms with E-state index in [1.165, 1.54) is 0 Å². The van der Waals surface area contributed by atoms with Crippen LogP contribution in [0.15, 0.2) is 12.1 Å². The molecule has 3 rings (SSSR count). The molecule has 0 unspecified atom stereocenters. The molecule has 1 amide bonds. The van der Waals surface area contributed by atoms with Crippen molar-refractivity contribution in [2.24, 2.45) is 0 Å². The van der Waals surface area contributed by atoms with Gasteiger partial charge in [-0.3, -0.25) is 9.59 Å². The van der Waals surface area contributed by atoms with Gasteiger partial charge in [-0.15, -0.1) is 0 Å². The molecule has 0 aliphatic carbocycles. The molecule has 5 nitrogen and oxygen atoms in total. The third kappa shape index (κ3) is 4.40. The van der Waals surface area contributed by atoms with E-state index in [0.29, 0.717) is 56.5 Å². The van der Waals surface area contributed by atoms with Crippen molar-refractivity contribution < 1.29 is 19.1 Å². The highest BCUT2D eigenvalue weighted by Crippen LogP contribution is 2.40. The van der Waals surface area contributed by atoms with Crippen molar-refractivity contribution >= 4 is 17.5 Å². The number of amides is 1. The van der Waals surface area contributed by atoms with Crippen molar-refractivity contribution in [1.82, 2.24) is 4.90 Å². The first kappa shape index (κ1) is 19.6. The van der Waals surface area contributed by atoms with Gasteiger partial charge in [0.1, 0.15) is 17.1 Å². The normalized spacial score (nSPS) is 18.2. The molecule has 5 heteroatoms. The van der Waals surface area contributed by atoms with Gasteiger partial charge in [-0.25, -0.2) is 0 Å². The summed E-state index contributed by atoms with van der Waals surface area (Å²) in [6, 6.07) is 3.90. The number of Topliss-reactive ketones (excluding diaryl/α,β-unsaturated/α-hetero) is 2. The summed E-state index contributed by atoms with van der Waals surface area (Å²) in [5.41, 5.74) is 2.44. The number of hydrogen-bond acceptors (Lipinski definition) is 4. The molecule has 0 radical (unpaired) electrons. The molecule has 2 aliphatic rings. The lowest BCUT2D eigenvalue weighted by molar-refractivity contribution is -0.135. The van der Waals surface area contributed by atoms with E-state index in [2.05, 4.69) is 0 Å². The average Bonchev–Trinajstić information content (AvgIpc) is 2.61. The fourth-order valence-electron chi connectivity index (χ4n) is 4.00. The second kappa shape index (κ2) is 7.83. The monoisotopic (exact) mass is 371 g/mol. The predicted octanol–water partition coefficient (Wildman–Crippen LogP) is 3.78. The van der Waals surface area contributed by atoms with Gasteiger partial charge in [-0.2, -0.15) is 0 Å². The first-order valence-electron chi connectivity index (χ1n) is 9.90. The third-order valence-corrected chi connectivity index (χ3v) is 5.90. The van der Waals surface area contributed by atoms with Gasteiger partial charge in [-0.05, 0) is 56.9 Å². The Balaban J connectivity index is 1.58. The molecule has 146 valence electrons. The van der Waals surface area contributed by atoms with E-state index in [1.807, 2.05) is 30.9 Å². The summed E-state index contributed by atoms with van der Waals surface area (Å²) in [4.78, 5) is 37.9. The Kier molecular flexibility index (Phi) is 5.68. The lowest BCUT2D eigenvalue weighted by Crippen LogP contribution is -2.52. The number of likely N-dealkylation sites (tertiary alicyclic amines) is 1. The lowest BCUT2D eigenvalue weighted by atomic mass is 9.82. The second-order valence-corrected chi connectivity index (χ2v) is 8.11. The molecule has 1 fully saturated rings. The van der Waals surface area contributed by atoms with E-state index in [0.717, 1.165) is 24.0 Å². The number of carbonyl (C=O) groups is 3. The molecular weight excluding hydrogens is 342 g/mol. The molecule has 27 heavy (non-hydrogen) atoms. The first-order chi connectivity index (χ1) is 12.8. The van der Waals surface area contributed by atoms with Gasteiger partial charge in [0.25, 0.3) is 0 Å². The Morgan fingerprint density at radius 3 is 2.37 bits per heavy atom. The van der Waals surface area contributed by atoms with E-state index in [4.69, 9.17) is 4.74 Å². The average molecular weight is 371 g/mol. The van der Waals surface area contributed by atoms with E-state index < -0.39 is 5.60 Å². The van der Waals surface area contributed by atoms with Gasteiger partial charge in [-0.1, -0.05) is 0 Å². The molecular formula is C22H29NO4. The van der Waals surface area contributed by atoms with E-state index >= 15 is 0 Å². The van der Waals surface area contributed by atoms with Crippen molar-refractivity contribution in [2.45, 2.75) is 71.3 Å². The Hall–Kier alpha value is -2.17. The van der Waals surface area contributed by atoms with Crippen LogP contribution in [0.25, 0.3) is 0 Å². The Morgan fingerprint density at radius 1 is 1.07 bits per heavy atom. The van der Waals surface area contributed by atoms with Crippen molar-refractivity contribution in [2.75, 3.05) is 13.1 Å². The number of hydrogen-bond donors (Lipinski definition) is 0. The summed E-state index contributed by atoms with van der Waals surface area (Å²) >= 11 is 0. The molecule has 0 saturated carbocycles. The predicted molar refractivity (Wildman–Crippen MR) is 103 cm³/mol. The van der Waals surface area contributed by atoms with Crippen molar-refractivity contribution in [3.05, 3.63) is 28.8 Å². The second-order valence-electron chi connectivity index (χ2n) is 8.11. The largest absolute Gasteiger partial charge is 0.486 e. The maximum Gasteiger partial charge on any atom is 0.222 e. The molecule has 0 bridgehead atoms. The van der Waals surface area contributed by atoms with E-state index in [1.54, 1.807) is 6.92 Å². The number of nitrogens with zero attached hydrogens (tertiary/aromatic N) is 1. The lowest BCUT2D eigenvalue weighted by Gasteiger charge is -2.44. The smallest absolute Gasteiger partial charge is 0.222 e. The molecule has 1 aromatic rings. The quantitative estimate of drug-likeness (QED) is 0.739. The van der Waals surface area contributed by atoms with Crippen LogP contribution in [0.4, 0.5) is 0 Å². The number of ether oxygens (including phenoxy) is 1. The van der Waals surface area contributed by atoms with Crippen molar-refractivity contribution in [3.8, 4) is 5.75 Å². The summed E-state index contributed by atoms with van der Waals surface area (Å²) in [6.45, 7) is 6.86. The zero-order valence-corrected chi connectivity index (χ0v) is 16.6. The Morgan fingerprint density at radius 2 is 1.70 bits per heavy atom. The number of piperidine rings is 1. The fraction of sp³-hybridized carbons (Fsp3) is 0.591. The molecule has 0 N–H and O–H groups in total. The number of unbranched alkanes of at least 4 members (excludes halogenated alkanes) is 1. The highest BCUT2D eigenvalue weighted by atomic mass is 16.5. The van der Waals surface area contributed by atoms with E-state index in [-0.39, 0.29) is 17.5 Å². The maximum atomic E-state index is 12.7. The summed E-state index contributed by atoms with van der Waals surface area (Å²) in [6.07, 6.45) is 4.32.